The number of nitrogens with one attached hydrogen (secondary N) is 1. The Balaban J connectivity index is 2.07. The van der Waals surface area contributed by atoms with Crippen LogP contribution in [0.4, 0.5) is 5.69 Å². The number of hydrogen-bond donors (Lipinski definition) is 1. The van der Waals surface area contributed by atoms with Gasteiger partial charge < -0.3 is 5.32 Å². The molecule has 1 N–H and O–H groups in total. The summed E-state index contributed by atoms with van der Waals surface area (Å²) < 4.78 is 0. The number of allylic oxidation sites excluding steroid dienone is 2. The molecule has 1 aliphatic rings. The molecule has 2 rings (SSSR count). The summed E-state index contributed by atoms with van der Waals surface area (Å²) in [6, 6.07) is 9.23. The molecule has 120 valence electrons. The van der Waals surface area contributed by atoms with Gasteiger partial charge in [0.15, 0.2) is 0 Å². The van der Waals surface area contributed by atoms with Crippen LogP contribution in [0.25, 0.3) is 0 Å². The topological polar surface area (TPSA) is 12.0 Å². The number of rotatable bonds is 2. The maximum atomic E-state index is 3.65. The number of anilines is 1. The summed E-state index contributed by atoms with van der Waals surface area (Å²) in [5.74, 6) is 0.501. The highest BCUT2D eigenvalue weighted by molar-refractivity contribution is 5.49. The lowest BCUT2D eigenvalue weighted by atomic mass is 9.80. The first kappa shape index (κ1) is 16.9. The zero-order valence-electron chi connectivity index (χ0n) is 15.2. The lowest BCUT2D eigenvalue weighted by Crippen LogP contribution is -2.27. The van der Waals surface area contributed by atoms with E-state index in [1.165, 1.54) is 16.8 Å². The molecule has 0 radical (unpaired) electrons. The van der Waals surface area contributed by atoms with Crippen molar-refractivity contribution in [1.29, 1.82) is 0 Å². The van der Waals surface area contributed by atoms with E-state index in [1.54, 1.807) is 0 Å². The Morgan fingerprint density at radius 1 is 0.864 bits per heavy atom. The molecular weight excluding hydrogens is 266 g/mol. The molecule has 1 aromatic rings. The molecule has 2 atom stereocenters. The SMILES string of the molecule is CC1C=C(C(C)(C)C)C=CC1Nc1ccc(C(C)(C)C)cc1. The van der Waals surface area contributed by atoms with Crippen LogP contribution in [0.15, 0.2) is 48.1 Å². The molecule has 0 bridgehead atoms. The molecule has 0 aliphatic heterocycles. The minimum absolute atomic E-state index is 0.209. The second kappa shape index (κ2) is 5.95. The molecule has 0 spiro atoms. The normalized spacial score (nSPS) is 22.4. The van der Waals surface area contributed by atoms with Crippen LogP contribution in [-0.4, -0.2) is 6.04 Å². The van der Waals surface area contributed by atoms with Crippen molar-refractivity contribution < 1.29 is 0 Å². The second-order valence-corrected chi connectivity index (χ2v) is 8.59. The van der Waals surface area contributed by atoms with Crippen molar-refractivity contribution in [2.24, 2.45) is 11.3 Å². The third-order valence-electron chi connectivity index (χ3n) is 4.44. The van der Waals surface area contributed by atoms with E-state index in [-0.39, 0.29) is 10.8 Å². The number of hydrogen-bond acceptors (Lipinski definition) is 1. The van der Waals surface area contributed by atoms with Gasteiger partial charge in [0.05, 0.1) is 6.04 Å². The third-order valence-corrected chi connectivity index (χ3v) is 4.44. The molecule has 0 saturated carbocycles. The average molecular weight is 297 g/mol. The van der Waals surface area contributed by atoms with Crippen LogP contribution in [0.2, 0.25) is 0 Å². The van der Waals surface area contributed by atoms with Crippen molar-refractivity contribution in [3.05, 3.63) is 53.6 Å². The zero-order valence-corrected chi connectivity index (χ0v) is 15.2. The molecule has 1 heteroatoms. The van der Waals surface area contributed by atoms with Crippen molar-refractivity contribution >= 4 is 5.69 Å². The molecule has 22 heavy (non-hydrogen) atoms. The van der Waals surface area contributed by atoms with Gasteiger partial charge in [-0.05, 0) is 40.0 Å². The fourth-order valence-corrected chi connectivity index (χ4v) is 2.76. The highest BCUT2D eigenvalue weighted by Gasteiger charge is 2.22. The maximum Gasteiger partial charge on any atom is 0.0507 e. The molecule has 0 aromatic heterocycles. The van der Waals surface area contributed by atoms with E-state index >= 15 is 0 Å². The summed E-state index contributed by atoms with van der Waals surface area (Å²) in [6.45, 7) is 15.9. The van der Waals surface area contributed by atoms with Gasteiger partial charge in [-0.3, -0.25) is 0 Å². The van der Waals surface area contributed by atoms with Gasteiger partial charge in [-0.25, -0.2) is 0 Å². The van der Waals surface area contributed by atoms with Crippen LogP contribution in [0.3, 0.4) is 0 Å². The van der Waals surface area contributed by atoms with E-state index < -0.39 is 0 Å². The predicted molar refractivity (Wildman–Crippen MR) is 98.4 cm³/mol. The maximum absolute atomic E-state index is 3.65. The van der Waals surface area contributed by atoms with Crippen molar-refractivity contribution in [2.45, 2.75) is 59.9 Å². The Morgan fingerprint density at radius 2 is 1.45 bits per heavy atom. The molecule has 1 aromatic carbocycles. The van der Waals surface area contributed by atoms with Gasteiger partial charge >= 0.3 is 0 Å². The molecule has 0 amide bonds. The molecular formula is C21H31N. The highest BCUT2D eigenvalue weighted by atomic mass is 14.9. The Bertz CT molecular complexity index is 561. The first-order valence-electron chi connectivity index (χ1n) is 8.35. The molecule has 0 saturated heterocycles. The van der Waals surface area contributed by atoms with Gasteiger partial charge in [-0.1, -0.05) is 78.8 Å². The molecule has 1 nitrogen and oxygen atoms in total. The smallest absolute Gasteiger partial charge is 0.0507 e. The van der Waals surface area contributed by atoms with Gasteiger partial charge in [0.25, 0.3) is 0 Å². The first-order valence-corrected chi connectivity index (χ1v) is 8.35. The van der Waals surface area contributed by atoms with E-state index in [9.17, 15) is 0 Å². The van der Waals surface area contributed by atoms with Crippen LogP contribution in [0.1, 0.15) is 54.0 Å². The number of benzene rings is 1. The van der Waals surface area contributed by atoms with E-state index in [0.717, 1.165) is 0 Å². The standard InChI is InChI=1S/C21H31N/c1-15-14-17(21(5,6)7)10-13-19(15)22-18-11-8-16(9-12-18)20(2,3)4/h8-15,19,22H,1-7H3. The van der Waals surface area contributed by atoms with E-state index in [4.69, 9.17) is 0 Å². The zero-order chi connectivity index (χ0) is 16.5. The molecule has 0 heterocycles. The van der Waals surface area contributed by atoms with Crippen LogP contribution in [0, 0.1) is 11.3 Å². The monoisotopic (exact) mass is 297 g/mol. The van der Waals surface area contributed by atoms with Crippen molar-refractivity contribution in [3.8, 4) is 0 Å². The fraction of sp³-hybridized carbons (Fsp3) is 0.524. The van der Waals surface area contributed by atoms with Crippen LogP contribution in [-0.2, 0) is 5.41 Å². The molecule has 1 aliphatic carbocycles. The van der Waals surface area contributed by atoms with Gasteiger partial charge in [-0.15, -0.1) is 0 Å². The summed E-state index contributed by atoms with van der Waals surface area (Å²) in [5.41, 5.74) is 4.44. The van der Waals surface area contributed by atoms with Crippen molar-refractivity contribution in [1.82, 2.24) is 0 Å². The Hall–Kier alpha value is -1.50. The third kappa shape index (κ3) is 4.03. The Morgan fingerprint density at radius 3 is 1.91 bits per heavy atom. The Labute approximate surface area is 136 Å². The minimum Gasteiger partial charge on any atom is -0.378 e. The van der Waals surface area contributed by atoms with Crippen LogP contribution < -0.4 is 5.32 Å². The molecule has 2 unspecified atom stereocenters. The van der Waals surface area contributed by atoms with E-state index in [0.29, 0.717) is 12.0 Å². The van der Waals surface area contributed by atoms with Crippen molar-refractivity contribution in [2.75, 3.05) is 5.32 Å². The fourth-order valence-electron chi connectivity index (χ4n) is 2.76. The Kier molecular flexibility index (Phi) is 4.56. The predicted octanol–water partition coefficient (Wildman–Crippen LogP) is 5.94. The van der Waals surface area contributed by atoms with Crippen LogP contribution >= 0.6 is 0 Å². The second-order valence-electron chi connectivity index (χ2n) is 8.59. The van der Waals surface area contributed by atoms with E-state index in [2.05, 4.69) is 96.3 Å². The summed E-state index contributed by atoms with van der Waals surface area (Å²) >= 11 is 0. The quantitative estimate of drug-likeness (QED) is 0.712. The largest absolute Gasteiger partial charge is 0.378 e. The van der Waals surface area contributed by atoms with E-state index in [1.807, 2.05) is 0 Å². The lowest BCUT2D eigenvalue weighted by molar-refractivity contribution is 0.499. The van der Waals surface area contributed by atoms with Gasteiger partial charge in [0, 0.05) is 5.69 Å². The van der Waals surface area contributed by atoms with Crippen molar-refractivity contribution in [3.63, 3.8) is 0 Å². The lowest BCUT2D eigenvalue weighted by Gasteiger charge is -2.30. The van der Waals surface area contributed by atoms with Gasteiger partial charge in [0.1, 0.15) is 0 Å². The minimum atomic E-state index is 0.209. The summed E-state index contributed by atoms with van der Waals surface area (Å²) in [5, 5.41) is 3.65. The first-order chi connectivity index (χ1) is 10.1. The summed E-state index contributed by atoms with van der Waals surface area (Å²) in [4.78, 5) is 0. The van der Waals surface area contributed by atoms with Crippen LogP contribution in [0.5, 0.6) is 0 Å². The average Bonchev–Trinajstić information content (AvgIpc) is 2.39. The summed E-state index contributed by atoms with van der Waals surface area (Å²) in [6.07, 6.45) is 6.99. The van der Waals surface area contributed by atoms with Gasteiger partial charge in [0.2, 0.25) is 0 Å². The highest BCUT2D eigenvalue weighted by Crippen LogP contribution is 2.32. The summed E-state index contributed by atoms with van der Waals surface area (Å²) in [7, 11) is 0. The molecule has 0 fully saturated rings. The van der Waals surface area contributed by atoms with Gasteiger partial charge in [-0.2, -0.15) is 0 Å².